The summed E-state index contributed by atoms with van der Waals surface area (Å²) in [4.78, 5) is 4.97. The Balaban J connectivity index is 1.97. The van der Waals surface area contributed by atoms with Crippen LogP contribution < -0.4 is 0 Å². The van der Waals surface area contributed by atoms with Crippen LogP contribution in [0, 0.1) is 5.92 Å². The Labute approximate surface area is 154 Å². The molecule has 0 spiro atoms. The molecule has 0 N–H and O–H groups in total. The topological polar surface area (TPSA) is 12.9 Å². The second-order valence-electron chi connectivity index (χ2n) is 7.55. The van der Waals surface area contributed by atoms with Gasteiger partial charge in [0, 0.05) is 17.1 Å². The molecule has 1 heterocycles. The van der Waals surface area contributed by atoms with Gasteiger partial charge in [-0.05, 0) is 45.5 Å². The lowest BCUT2D eigenvalue weighted by atomic mass is 9.92. The molecular formula is C25H21N. The molecular weight excluding hydrogens is 314 g/mol. The first-order valence-corrected chi connectivity index (χ1v) is 9.34. The number of pyridine rings is 1. The molecule has 1 heteroatoms. The van der Waals surface area contributed by atoms with E-state index in [4.69, 9.17) is 4.98 Å². The molecule has 0 bridgehead atoms. The van der Waals surface area contributed by atoms with Crippen LogP contribution in [0.15, 0.2) is 72.9 Å². The molecule has 26 heavy (non-hydrogen) atoms. The van der Waals surface area contributed by atoms with Gasteiger partial charge in [-0.3, -0.25) is 4.98 Å². The molecule has 126 valence electrons. The van der Waals surface area contributed by atoms with Gasteiger partial charge in [-0.1, -0.05) is 80.6 Å². The number of nitrogens with zero attached hydrogens (tertiary/aromatic N) is 1. The molecule has 1 nitrogen and oxygen atoms in total. The van der Waals surface area contributed by atoms with E-state index >= 15 is 0 Å². The maximum Gasteiger partial charge on any atom is 0.0792 e. The molecule has 1 aliphatic rings. The van der Waals surface area contributed by atoms with Gasteiger partial charge in [-0.2, -0.15) is 0 Å². The van der Waals surface area contributed by atoms with Crippen LogP contribution in [0.4, 0.5) is 0 Å². The molecule has 0 radical (unpaired) electrons. The van der Waals surface area contributed by atoms with Gasteiger partial charge in [0.15, 0.2) is 0 Å². The smallest absolute Gasteiger partial charge is 0.0792 e. The number of rotatable bonds is 2. The van der Waals surface area contributed by atoms with Crippen molar-refractivity contribution < 1.29 is 0 Å². The lowest BCUT2D eigenvalue weighted by molar-refractivity contribution is 0.649. The van der Waals surface area contributed by atoms with Gasteiger partial charge in [0.25, 0.3) is 0 Å². The highest BCUT2D eigenvalue weighted by molar-refractivity contribution is 6.12. The Hall–Kier alpha value is -2.93. The van der Waals surface area contributed by atoms with Gasteiger partial charge in [-0.25, -0.2) is 0 Å². The van der Waals surface area contributed by atoms with Crippen molar-refractivity contribution in [2.24, 2.45) is 5.92 Å². The van der Waals surface area contributed by atoms with Crippen LogP contribution in [0.25, 0.3) is 44.3 Å². The fraction of sp³-hybridized carbons (Fsp3) is 0.160. The van der Waals surface area contributed by atoms with E-state index in [0.29, 0.717) is 5.92 Å². The molecule has 0 saturated carbocycles. The maximum atomic E-state index is 4.97. The first kappa shape index (κ1) is 15.3. The second-order valence-corrected chi connectivity index (χ2v) is 7.55. The molecule has 0 unspecified atom stereocenters. The van der Waals surface area contributed by atoms with Gasteiger partial charge >= 0.3 is 0 Å². The fourth-order valence-corrected chi connectivity index (χ4v) is 4.26. The quantitative estimate of drug-likeness (QED) is 0.348. The van der Waals surface area contributed by atoms with Crippen LogP contribution in [-0.2, 0) is 6.42 Å². The van der Waals surface area contributed by atoms with E-state index in [0.717, 1.165) is 12.1 Å². The predicted molar refractivity (Wildman–Crippen MR) is 110 cm³/mol. The van der Waals surface area contributed by atoms with Crippen molar-refractivity contribution >= 4 is 10.8 Å². The van der Waals surface area contributed by atoms with E-state index in [1.807, 2.05) is 0 Å². The average molecular weight is 335 g/mol. The zero-order valence-electron chi connectivity index (χ0n) is 15.2. The Morgan fingerprint density at radius 2 is 1.27 bits per heavy atom. The third-order valence-electron chi connectivity index (χ3n) is 5.31. The van der Waals surface area contributed by atoms with Crippen molar-refractivity contribution in [3.05, 3.63) is 78.5 Å². The Kier molecular flexibility index (Phi) is 3.43. The van der Waals surface area contributed by atoms with E-state index in [-0.39, 0.29) is 0 Å². The summed E-state index contributed by atoms with van der Waals surface area (Å²) in [6.45, 7) is 4.54. The summed E-state index contributed by atoms with van der Waals surface area (Å²) < 4.78 is 0. The van der Waals surface area contributed by atoms with Crippen LogP contribution in [0.5, 0.6) is 0 Å². The van der Waals surface area contributed by atoms with Crippen molar-refractivity contribution in [2.45, 2.75) is 20.3 Å². The van der Waals surface area contributed by atoms with Gasteiger partial charge in [0.05, 0.1) is 5.69 Å². The van der Waals surface area contributed by atoms with Crippen LogP contribution in [0.3, 0.4) is 0 Å². The molecule has 1 aromatic heterocycles. The predicted octanol–water partition coefficient (Wildman–Crippen LogP) is 6.75. The molecule has 0 fully saturated rings. The number of benzene rings is 3. The van der Waals surface area contributed by atoms with Crippen LogP contribution in [0.2, 0.25) is 0 Å². The summed E-state index contributed by atoms with van der Waals surface area (Å²) in [5.41, 5.74) is 8.83. The van der Waals surface area contributed by atoms with Crippen LogP contribution in [-0.4, -0.2) is 4.98 Å². The summed E-state index contributed by atoms with van der Waals surface area (Å²) in [7, 11) is 0. The van der Waals surface area contributed by atoms with E-state index in [1.54, 1.807) is 0 Å². The number of hydrogen-bond acceptors (Lipinski definition) is 1. The highest BCUT2D eigenvalue weighted by atomic mass is 14.7. The molecule has 5 rings (SSSR count). The van der Waals surface area contributed by atoms with Crippen molar-refractivity contribution in [1.29, 1.82) is 0 Å². The van der Waals surface area contributed by atoms with Gasteiger partial charge < -0.3 is 0 Å². The molecule has 0 aliphatic heterocycles. The van der Waals surface area contributed by atoms with Crippen LogP contribution in [0.1, 0.15) is 19.4 Å². The minimum atomic E-state index is 0.610. The Bertz CT molecular complexity index is 1090. The standard InChI is InChI=1S/C25H21N/c1-16(2)14-17-15-26-25-23-11-6-5-10-21(23)19-8-3-4-9-20(19)22-13-7-12-18(17)24(22)25/h3-13,15-16H,14H2,1-2H3. The monoisotopic (exact) mass is 335 g/mol. The van der Waals surface area contributed by atoms with E-state index in [9.17, 15) is 0 Å². The highest BCUT2D eigenvalue weighted by Crippen LogP contribution is 2.46. The lowest BCUT2D eigenvalue weighted by Crippen LogP contribution is -1.98. The summed E-state index contributed by atoms with van der Waals surface area (Å²) in [5, 5.41) is 2.63. The van der Waals surface area contributed by atoms with E-state index in [1.165, 1.54) is 44.2 Å². The van der Waals surface area contributed by atoms with Gasteiger partial charge in [0.1, 0.15) is 0 Å². The first-order valence-electron chi connectivity index (χ1n) is 9.34. The number of fused-ring (bicyclic) bond motifs is 5. The third kappa shape index (κ3) is 2.20. The summed E-state index contributed by atoms with van der Waals surface area (Å²) in [6, 6.07) is 24.1. The number of hydrogen-bond donors (Lipinski definition) is 0. The summed E-state index contributed by atoms with van der Waals surface area (Å²) in [6.07, 6.45) is 3.14. The fourth-order valence-electron chi connectivity index (χ4n) is 4.26. The molecule has 0 amide bonds. The van der Waals surface area contributed by atoms with Crippen molar-refractivity contribution in [3.8, 4) is 33.5 Å². The van der Waals surface area contributed by atoms with E-state index < -0.39 is 0 Å². The maximum absolute atomic E-state index is 4.97. The highest BCUT2D eigenvalue weighted by Gasteiger charge is 2.22. The minimum Gasteiger partial charge on any atom is -0.255 e. The average Bonchev–Trinajstić information content (AvgIpc) is 2.79. The molecule has 3 aromatic carbocycles. The molecule has 0 atom stereocenters. The largest absolute Gasteiger partial charge is 0.255 e. The van der Waals surface area contributed by atoms with Crippen molar-refractivity contribution in [3.63, 3.8) is 0 Å². The zero-order valence-corrected chi connectivity index (χ0v) is 15.2. The Morgan fingerprint density at radius 3 is 1.96 bits per heavy atom. The minimum absolute atomic E-state index is 0.610. The number of aromatic nitrogens is 1. The van der Waals surface area contributed by atoms with Gasteiger partial charge in [-0.15, -0.1) is 0 Å². The molecule has 4 aromatic rings. The summed E-state index contributed by atoms with van der Waals surface area (Å²) in [5.74, 6) is 0.610. The molecule has 0 saturated heterocycles. The SMILES string of the molecule is CC(C)Cc1cnc2c3c(cccc13)-c1ccccc1-c1ccccc1-2. The second kappa shape index (κ2) is 5.81. The first-order chi connectivity index (χ1) is 12.7. The van der Waals surface area contributed by atoms with E-state index in [2.05, 4.69) is 86.8 Å². The van der Waals surface area contributed by atoms with Crippen molar-refractivity contribution in [2.75, 3.05) is 0 Å². The van der Waals surface area contributed by atoms with Gasteiger partial charge in [0.2, 0.25) is 0 Å². The third-order valence-corrected chi connectivity index (χ3v) is 5.31. The molecule has 1 aliphatic carbocycles. The summed E-state index contributed by atoms with van der Waals surface area (Å²) >= 11 is 0. The van der Waals surface area contributed by atoms with Crippen LogP contribution >= 0.6 is 0 Å². The van der Waals surface area contributed by atoms with Crippen molar-refractivity contribution in [1.82, 2.24) is 4.98 Å². The lowest BCUT2D eigenvalue weighted by Gasteiger charge is -2.14. The zero-order chi connectivity index (χ0) is 17.7. The Morgan fingerprint density at radius 1 is 0.692 bits per heavy atom. The normalized spacial score (nSPS) is 12.0.